The maximum atomic E-state index is 5.27. The van der Waals surface area contributed by atoms with E-state index in [9.17, 15) is 0 Å². The lowest BCUT2D eigenvalue weighted by Gasteiger charge is -2.18. The Balaban J connectivity index is 2.19. The molecule has 0 fully saturated rings. The SMILES string of the molecule is C1=CCC2=C(C1)NC=CO2. The van der Waals surface area contributed by atoms with Crippen molar-refractivity contribution in [3.8, 4) is 0 Å². The molecule has 0 bridgehead atoms. The zero-order chi connectivity index (χ0) is 6.81. The van der Waals surface area contributed by atoms with E-state index in [-0.39, 0.29) is 0 Å². The fourth-order valence-corrected chi connectivity index (χ4v) is 1.14. The van der Waals surface area contributed by atoms with Crippen LogP contribution in [-0.2, 0) is 4.74 Å². The van der Waals surface area contributed by atoms with Gasteiger partial charge in [-0.1, -0.05) is 12.2 Å². The van der Waals surface area contributed by atoms with Gasteiger partial charge in [0.2, 0.25) is 0 Å². The highest BCUT2D eigenvalue weighted by atomic mass is 16.5. The standard InChI is InChI=1S/C8H9NO/c1-2-4-8-7(3-1)9-5-6-10-8/h1-2,5-6,9H,3-4H2. The summed E-state index contributed by atoms with van der Waals surface area (Å²) in [4.78, 5) is 0. The van der Waals surface area contributed by atoms with Gasteiger partial charge < -0.3 is 10.1 Å². The van der Waals surface area contributed by atoms with Crippen LogP contribution in [0.25, 0.3) is 0 Å². The van der Waals surface area contributed by atoms with E-state index >= 15 is 0 Å². The summed E-state index contributed by atoms with van der Waals surface area (Å²) in [5.41, 5.74) is 1.20. The monoisotopic (exact) mass is 135 g/mol. The van der Waals surface area contributed by atoms with Gasteiger partial charge in [0.15, 0.2) is 0 Å². The summed E-state index contributed by atoms with van der Waals surface area (Å²) in [5, 5.41) is 3.14. The third-order valence-electron chi connectivity index (χ3n) is 1.66. The molecular weight excluding hydrogens is 126 g/mol. The second-order valence-corrected chi connectivity index (χ2v) is 2.35. The van der Waals surface area contributed by atoms with Gasteiger partial charge in [-0.25, -0.2) is 0 Å². The molecule has 0 aromatic heterocycles. The first kappa shape index (κ1) is 5.59. The number of nitrogens with one attached hydrogen (secondary N) is 1. The summed E-state index contributed by atoms with van der Waals surface area (Å²) in [6.45, 7) is 0. The minimum absolute atomic E-state index is 0.923. The summed E-state index contributed by atoms with van der Waals surface area (Å²) >= 11 is 0. The van der Waals surface area contributed by atoms with Crippen LogP contribution >= 0.6 is 0 Å². The van der Waals surface area contributed by atoms with Gasteiger partial charge in [-0.15, -0.1) is 0 Å². The molecule has 2 rings (SSSR count). The van der Waals surface area contributed by atoms with Crippen molar-refractivity contribution in [2.75, 3.05) is 0 Å². The average molecular weight is 135 g/mol. The topological polar surface area (TPSA) is 21.3 Å². The van der Waals surface area contributed by atoms with Crippen LogP contribution < -0.4 is 5.32 Å². The van der Waals surface area contributed by atoms with Crippen LogP contribution in [0.5, 0.6) is 0 Å². The van der Waals surface area contributed by atoms with Crippen molar-refractivity contribution in [2.24, 2.45) is 0 Å². The van der Waals surface area contributed by atoms with Gasteiger partial charge >= 0.3 is 0 Å². The minimum atomic E-state index is 0.923. The summed E-state index contributed by atoms with van der Waals surface area (Å²) in [6.07, 6.45) is 9.66. The fourth-order valence-electron chi connectivity index (χ4n) is 1.14. The Morgan fingerprint density at radius 3 is 3.10 bits per heavy atom. The van der Waals surface area contributed by atoms with Crippen molar-refractivity contribution in [3.05, 3.63) is 36.1 Å². The molecule has 1 heterocycles. The number of allylic oxidation sites excluding steroid dienone is 2. The van der Waals surface area contributed by atoms with Crippen LogP contribution in [-0.4, -0.2) is 0 Å². The highest BCUT2D eigenvalue weighted by molar-refractivity contribution is 5.22. The number of hydrogen-bond acceptors (Lipinski definition) is 2. The van der Waals surface area contributed by atoms with Gasteiger partial charge in [0.05, 0.1) is 5.70 Å². The Labute approximate surface area is 59.9 Å². The van der Waals surface area contributed by atoms with Crippen LogP contribution in [0.15, 0.2) is 36.1 Å². The zero-order valence-corrected chi connectivity index (χ0v) is 5.63. The summed E-state index contributed by atoms with van der Waals surface area (Å²) in [7, 11) is 0. The summed E-state index contributed by atoms with van der Waals surface area (Å²) < 4.78 is 5.27. The molecule has 1 aliphatic carbocycles. The smallest absolute Gasteiger partial charge is 0.126 e. The molecule has 0 aromatic carbocycles. The third-order valence-corrected chi connectivity index (χ3v) is 1.66. The van der Waals surface area contributed by atoms with E-state index in [2.05, 4.69) is 17.5 Å². The minimum Gasteiger partial charge on any atom is -0.466 e. The molecule has 0 aromatic rings. The second kappa shape index (κ2) is 2.21. The Kier molecular flexibility index (Phi) is 1.24. The van der Waals surface area contributed by atoms with Crippen molar-refractivity contribution in [3.63, 3.8) is 0 Å². The fraction of sp³-hybridized carbons (Fsp3) is 0.250. The van der Waals surface area contributed by atoms with Crippen LogP contribution in [0.1, 0.15) is 12.8 Å². The van der Waals surface area contributed by atoms with Crippen molar-refractivity contribution in [1.29, 1.82) is 0 Å². The van der Waals surface area contributed by atoms with Gasteiger partial charge in [0.25, 0.3) is 0 Å². The second-order valence-electron chi connectivity index (χ2n) is 2.35. The van der Waals surface area contributed by atoms with E-state index in [0.717, 1.165) is 18.6 Å². The van der Waals surface area contributed by atoms with E-state index < -0.39 is 0 Å². The van der Waals surface area contributed by atoms with Gasteiger partial charge in [-0.3, -0.25) is 0 Å². The summed E-state index contributed by atoms with van der Waals surface area (Å²) in [6, 6.07) is 0. The molecule has 2 aliphatic rings. The van der Waals surface area contributed by atoms with E-state index in [0.29, 0.717) is 0 Å². The van der Waals surface area contributed by atoms with Crippen molar-refractivity contribution in [2.45, 2.75) is 12.8 Å². The van der Waals surface area contributed by atoms with Crippen LogP contribution in [0.2, 0.25) is 0 Å². The molecule has 0 radical (unpaired) electrons. The van der Waals surface area contributed by atoms with E-state index in [1.165, 1.54) is 5.70 Å². The van der Waals surface area contributed by atoms with E-state index in [1.54, 1.807) is 6.26 Å². The molecular formula is C8H9NO. The van der Waals surface area contributed by atoms with E-state index in [1.807, 2.05) is 6.20 Å². The van der Waals surface area contributed by atoms with Crippen molar-refractivity contribution in [1.82, 2.24) is 5.32 Å². The first-order chi connectivity index (χ1) is 4.97. The predicted octanol–water partition coefficient (Wildman–Crippen LogP) is 1.64. The number of hydrogen-bond donors (Lipinski definition) is 1. The lowest BCUT2D eigenvalue weighted by molar-refractivity contribution is 0.319. The first-order valence-corrected chi connectivity index (χ1v) is 3.42. The third kappa shape index (κ3) is 0.817. The molecule has 0 spiro atoms. The maximum Gasteiger partial charge on any atom is 0.126 e. The molecule has 52 valence electrons. The first-order valence-electron chi connectivity index (χ1n) is 3.42. The molecule has 1 aliphatic heterocycles. The molecule has 0 atom stereocenters. The van der Waals surface area contributed by atoms with E-state index in [4.69, 9.17) is 4.74 Å². The molecule has 0 saturated carbocycles. The Morgan fingerprint density at radius 1 is 1.30 bits per heavy atom. The molecule has 2 nitrogen and oxygen atoms in total. The van der Waals surface area contributed by atoms with Crippen molar-refractivity contribution < 1.29 is 4.74 Å². The Bertz CT molecular complexity index is 181. The van der Waals surface area contributed by atoms with Gasteiger partial charge in [-0.2, -0.15) is 0 Å². The number of rotatable bonds is 0. The lowest BCUT2D eigenvalue weighted by Crippen LogP contribution is -2.14. The van der Waals surface area contributed by atoms with Crippen LogP contribution in [0.3, 0.4) is 0 Å². The molecule has 1 N–H and O–H groups in total. The molecule has 10 heavy (non-hydrogen) atoms. The maximum absolute atomic E-state index is 5.27. The highest BCUT2D eigenvalue weighted by Gasteiger charge is 2.10. The summed E-state index contributed by atoms with van der Waals surface area (Å²) in [5.74, 6) is 1.06. The van der Waals surface area contributed by atoms with Crippen molar-refractivity contribution >= 4 is 0 Å². The molecule has 0 unspecified atom stereocenters. The predicted molar refractivity (Wildman–Crippen MR) is 38.8 cm³/mol. The van der Waals surface area contributed by atoms with Gasteiger partial charge in [0.1, 0.15) is 12.0 Å². The lowest BCUT2D eigenvalue weighted by atomic mass is 10.1. The van der Waals surface area contributed by atoms with Crippen LogP contribution in [0.4, 0.5) is 0 Å². The number of ether oxygens (including phenoxy) is 1. The molecule has 0 saturated heterocycles. The van der Waals surface area contributed by atoms with Gasteiger partial charge in [-0.05, 0) is 0 Å². The molecule has 2 heteroatoms. The zero-order valence-electron chi connectivity index (χ0n) is 5.63. The molecule has 0 amide bonds. The largest absolute Gasteiger partial charge is 0.466 e. The van der Waals surface area contributed by atoms with Crippen LogP contribution in [0, 0.1) is 0 Å². The quantitative estimate of drug-likeness (QED) is 0.510. The average Bonchev–Trinajstić information content (AvgIpc) is 2.05. The highest BCUT2D eigenvalue weighted by Crippen LogP contribution is 2.20. The Hall–Kier alpha value is -1.18. The van der Waals surface area contributed by atoms with Gasteiger partial charge in [0, 0.05) is 19.0 Å². The normalized spacial score (nSPS) is 21.6. The Morgan fingerprint density at radius 2 is 2.20 bits per heavy atom.